The smallest absolute Gasteiger partial charge is 0.313 e. The first-order valence-corrected chi connectivity index (χ1v) is 10.3. The van der Waals surface area contributed by atoms with Crippen molar-refractivity contribution in [2.75, 3.05) is 0 Å². The number of para-hydroxylation sites is 1. The van der Waals surface area contributed by atoms with Crippen LogP contribution in [0.5, 0.6) is 11.6 Å². The van der Waals surface area contributed by atoms with Crippen LogP contribution in [-0.2, 0) is 6.61 Å². The molecule has 3 aromatic carbocycles. The number of H-pyrrole nitrogens is 2. The molecule has 5 aromatic rings. The van der Waals surface area contributed by atoms with Gasteiger partial charge in [0.05, 0.1) is 11.2 Å². The van der Waals surface area contributed by atoms with Gasteiger partial charge in [-0.1, -0.05) is 60.7 Å². The number of nitrogens with one attached hydrogen (secondary N) is 2. The summed E-state index contributed by atoms with van der Waals surface area (Å²) in [5, 5.41) is 25.3. The van der Waals surface area contributed by atoms with E-state index in [0.717, 1.165) is 11.1 Å². The van der Waals surface area contributed by atoms with Crippen LogP contribution in [0.15, 0.2) is 95.2 Å². The molecule has 33 heavy (non-hydrogen) atoms. The molecule has 3 N–H and O–H groups in total. The summed E-state index contributed by atoms with van der Waals surface area (Å²) in [5.41, 5.74) is 3.54. The van der Waals surface area contributed by atoms with Crippen LogP contribution in [0.2, 0.25) is 0 Å². The van der Waals surface area contributed by atoms with Crippen molar-refractivity contribution in [3.63, 3.8) is 0 Å². The van der Waals surface area contributed by atoms with Crippen LogP contribution in [0.25, 0.3) is 22.2 Å². The molecule has 8 heteroatoms. The lowest BCUT2D eigenvalue weighted by molar-refractivity contribution is 0.0990. The molecule has 0 fully saturated rings. The third-order valence-corrected chi connectivity index (χ3v) is 5.09. The highest BCUT2D eigenvalue weighted by Crippen LogP contribution is 2.35. The van der Waals surface area contributed by atoms with E-state index in [2.05, 4.69) is 25.4 Å². The van der Waals surface area contributed by atoms with Gasteiger partial charge in [0.1, 0.15) is 18.1 Å². The van der Waals surface area contributed by atoms with Crippen LogP contribution in [0.3, 0.4) is 0 Å². The molecule has 5 rings (SSSR count). The molecule has 0 saturated carbocycles. The zero-order chi connectivity index (χ0) is 22.6. The topological polar surface area (TPSA) is 116 Å². The minimum atomic E-state index is -0.602. The van der Waals surface area contributed by atoms with E-state index in [4.69, 9.17) is 4.74 Å². The van der Waals surface area contributed by atoms with E-state index >= 15 is 0 Å². The largest absolute Gasteiger partial charge is 0.493 e. The molecular formula is C25H19N5O3. The van der Waals surface area contributed by atoms with Gasteiger partial charge in [-0.15, -0.1) is 10.2 Å². The maximum absolute atomic E-state index is 12.5. The minimum Gasteiger partial charge on any atom is -0.493 e. The molecule has 0 bridgehead atoms. The second kappa shape index (κ2) is 8.80. The van der Waals surface area contributed by atoms with Crippen LogP contribution in [0, 0.1) is 0 Å². The number of nitrogens with zero attached hydrogens (tertiary/aromatic N) is 3. The quantitative estimate of drug-likeness (QED) is 0.293. The molecule has 2 aromatic heterocycles. The summed E-state index contributed by atoms with van der Waals surface area (Å²) in [5.74, 6) is -0.0537. The summed E-state index contributed by atoms with van der Waals surface area (Å²) in [4.78, 5) is 15.3. The fourth-order valence-electron chi connectivity index (χ4n) is 3.43. The summed E-state index contributed by atoms with van der Waals surface area (Å²) in [6.07, 6.45) is 0. The van der Waals surface area contributed by atoms with E-state index < -0.39 is 5.91 Å². The Morgan fingerprint density at radius 3 is 2.67 bits per heavy atom. The Kier molecular flexibility index (Phi) is 5.38. The van der Waals surface area contributed by atoms with E-state index in [1.807, 2.05) is 66.7 Å². The van der Waals surface area contributed by atoms with Crippen molar-refractivity contribution in [1.82, 2.24) is 15.2 Å². The molecule has 0 spiro atoms. The van der Waals surface area contributed by atoms with Gasteiger partial charge in [-0.3, -0.25) is 9.89 Å². The van der Waals surface area contributed by atoms with Crippen molar-refractivity contribution >= 4 is 22.5 Å². The van der Waals surface area contributed by atoms with Gasteiger partial charge in [0.25, 0.3) is 0 Å². The molecule has 8 nitrogen and oxygen atoms in total. The third-order valence-electron chi connectivity index (χ3n) is 5.09. The van der Waals surface area contributed by atoms with Gasteiger partial charge in [-0.05, 0) is 29.8 Å². The molecule has 0 unspecified atom stereocenters. The summed E-state index contributed by atoms with van der Waals surface area (Å²) in [6.45, 7) is 0.454. The molecule has 0 saturated heterocycles. The fourth-order valence-corrected chi connectivity index (χ4v) is 3.43. The monoisotopic (exact) mass is 437 g/mol. The van der Waals surface area contributed by atoms with E-state index in [0.29, 0.717) is 29.0 Å². The highest BCUT2D eigenvalue weighted by molar-refractivity contribution is 5.96. The van der Waals surface area contributed by atoms with Gasteiger partial charge in [-0.25, -0.2) is 0 Å². The Morgan fingerprint density at radius 2 is 1.79 bits per heavy atom. The Morgan fingerprint density at radius 1 is 0.970 bits per heavy atom. The molecular weight excluding hydrogens is 418 g/mol. The number of azo groups is 1. The van der Waals surface area contributed by atoms with Crippen LogP contribution in [-0.4, -0.2) is 26.2 Å². The zero-order valence-corrected chi connectivity index (χ0v) is 17.4. The van der Waals surface area contributed by atoms with Gasteiger partial charge < -0.3 is 14.8 Å². The van der Waals surface area contributed by atoms with E-state index in [1.54, 1.807) is 18.2 Å². The average molecular weight is 437 g/mol. The van der Waals surface area contributed by atoms with Crippen LogP contribution in [0.4, 0.5) is 5.69 Å². The molecule has 0 aliphatic carbocycles. The number of aromatic amines is 2. The molecule has 0 atom stereocenters. The maximum Gasteiger partial charge on any atom is 0.313 e. The number of hydrogen-bond donors (Lipinski definition) is 3. The van der Waals surface area contributed by atoms with E-state index in [1.165, 1.54) is 0 Å². The van der Waals surface area contributed by atoms with E-state index in [9.17, 15) is 9.90 Å². The highest BCUT2D eigenvalue weighted by Gasteiger charge is 2.14. The first-order chi connectivity index (χ1) is 16.2. The average Bonchev–Trinajstić information content (AvgIpc) is 3.47. The molecule has 0 aliphatic heterocycles. The molecule has 2 heterocycles. The number of benzene rings is 3. The minimum absolute atomic E-state index is 0.148. The predicted molar refractivity (Wildman–Crippen MR) is 124 cm³/mol. The summed E-state index contributed by atoms with van der Waals surface area (Å²) in [6, 6.07) is 26.2. The van der Waals surface area contributed by atoms with Gasteiger partial charge in [0.2, 0.25) is 5.88 Å². The summed E-state index contributed by atoms with van der Waals surface area (Å²) < 4.78 is 5.87. The van der Waals surface area contributed by atoms with Gasteiger partial charge in [-0.2, -0.15) is 5.10 Å². The van der Waals surface area contributed by atoms with Crippen LogP contribution in [0.1, 0.15) is 16.1 Å². The van der Waals surface area contributed by atoms with Crippen molar-refractivity contribution < 1.29 is 14.6 Å². The highest BCUT2D eigenvalue weighted by atomic mass is 16.5. The van der Waals surface area contributed by atoms with Crippen molar-refractivity contribution in [2.24, 2.45) is 10.2 Å². The Bertz CT molecular complexity index is 1450. The number of carbonyl (C=O) groups excluding carboxylic acids is 1. The number of aromatic nitrogens is 3. The number of fused-ring (bicyclic) bond motifs is 1. The Labute approximate surface area is 188 Å². The zero-order valence-electron chi connectivity index (χ0n) is 17.4. The third kappa shape index (κ3) is 4.35. The predicted octanol–water partition coefficient (Wildman–Crippen LogP) is 5.77. The van der Waals surface area contributed by atoms with Gasteiger partial charge >= 0.3 is 5.91 Å². The van der Waals surface area contributed by atoms with Crippen LogP contribution >= 0.6 is 0 Å². The lowest BCUT2D eigenvalue weighted by atomic mass is 10.1. The Balaban J connectivity index is 1.31. The second-order valence-electron chi connectivity index (χ2n) is 7.34. The first-order valence-electron chi connectivity index (χ1n) is 10.3. The number of aromatic hydroxyl groups is 1. The first kappa shape index (κ1) is 20.2. The van der Waals surface area contributed by atoms with E-state index in [-0.39, 0.29) is 17.3 Å². The number of carbonyl (C=O) groups is 1. The lowest BCUT2D eigenvalue weighted by Gasteiger charge is -2.07. The Hall–Kier alpha value is -4.72. The fraction of sp³-hybridized carbons (Fsp3) is 0.0400. The molecule has 1 amide bonds. The van der Waals surface area contributed by atoms with Crippen molar-refractivity contribution in [1.29, 1.82) is 0 Å². The number of rotatable bonds is 6. The number of hydrogen-bond acceptors (Lipinski definition) is 5. The lowest BCUT2D eigenvalue weighted by Crippen LogP contribution is -1.95. The molecule has 0 aliphatic rings. The molecule has 0 radical (unpaired) electrons. The second-order valence-corrected chi connectivity index (χ2v) is 7.34. The van der Waals surface area contributed by atoms with Gasteiger partial charge in [0.15, 0.2) is 5.69 Å². The standard InChI is InChI=1S/C25H19N5O3/c31-24(30-29-23-19-11-4-5-12-20(19)26-25(23)32)22-14-21(27-28-22)17-9-6-10-18(13-17)33-15-16-7-2-1-3-8-16/h1-14,26,32H,15H2,(H,27,28). The SMILES string of the molecule is O=C(N=Nc1c(O)[nH]c2ccccc12)c1cc(-c2cccc(OCc3ccccc3)c2)n[nH]1. The number of amides is 1. The molecule has 162 valence electrons. The van der Waals surface area contributed by atoms with Crippen molar-refractivity contribution in [3.8, 4) is 22.9 Å². The normalized spacial score (nSPS) is 11.3. The maximum atomic E-state index is 12.5. The number of ether oxygens (including phenoxy) is 1. The summed E-state index contributed by atoms with van der Waals surface area (Å²) >= 11 is 0. The van der Waals surface area contributed by atoms with Crippen LogP contribution < -0.4 is 4.74 Å². The van der Waals surface area contributed by atoms with Crippen molar-refractivity contribution in [2.45, 2.75) is 6.61 Å². The summed E-state index contributed by atoms with van der Waals surface area (Å²) in [7, 11) is 0. The van der Waals surface area contributed by atoms with Crippen molar-refractivity contribution in [3.05, 3.63) is 96.2 Å². The van der Waals surface area contributed by atoms with Gasteiger partial charge in [0, 0.05) is 10.9 Å².